The summed E-state index contributed by atoms with van der Waals surface area (Å²) in [7, 11) is 0. The second kappa shape index (κ2) is 6.79. The number of esters is 1. The number of unbranched alkanes of at least 4 members (excludes halogenated alkanes) is 1. The molecule has 0 rings (SSSR count). The topological polar surface area (TPSA) is 61.5 Å². The van der Waals surface area contributed by atoms with Crippen LogP contribution in [-0.2, 0) is 14.3 Å². The van der Waals surface area contributed by atoms with Crippen LogP contribution in [0.2, 0.25) is 0 Å². The van der Waals surface area contributed by atoms with Crippen molar-refractivity contribution < 1.29 is 14.3 Å². The van der Waals surface area contributed by atoms with Gasteiger partial charge in [0.1, 0.15) is 12.2 Å². The molecular formula is C10H21NO3. The molecule has 0 aliphatic heterocycles. The second-order valence-corrected chi connectivity index (χ2v) is 4.13. The lowest BCUT2D eigenvalue weighted by Gasteiger charge is -2.19. The lowest BCUT2D eigenvalue weighted by molar-refractivity contribution is -0.160. The molecule has 0 heterocycles. The molecule has 4 heteroatoms. The maximum Gasteiger partial charge on any atom is 0.332 e. The van der Waals surface area contributed by atoms with Crippen LogP contribution in [0.1, 0.15) is 33.6 Å². The molecule has 84 valence electrons. The van der Waals surface area contributed by atoms with E-state index in [1.807, 2.05) is 20.8 Å². The van der Waals surface area contributed by atoms with Gasteiger partial charge in [-0.1, -0.05) is 0 Å². The van der Waals surface area contributed by atoms with Gasteiger partial charge in [-0.15, -0.1) is 0 Å². The molecule has 0 saturated heterocycles. The van der Waals surface area contributed by atoms with Gasteiger partial charge in [0.15, 0.2) is 0 Å². The van der Waals surface area contributed by atoms with Crippen molar-refractivity contribution in [3.8, 4) is 0 Å². The van der Waals surface area contributed by atoms with Crippen molar-refractivity contribution in [2.45, 2.75) is 39.2 Å². The SMILES string of the molecule is CC(C)(C)OC(=O)COCCCCN. The number of carbonyl (C=O) groups excluding carboxylic acids is 1. The van der Waals surface area contributed by atoms with Crippen molar-refractivity contribution in [3.05, 3.63) is 0 Å². The predicted octanol–water partition coefficient (Wildman–Crippen LogP) is 1.08. The van der Waals surface area contributed by atoms with Gasteiger partial charge in [-0.25, -0.2) is 4.79 Å². The van der Waals surface area contributed by atoms with Crippen LogP contribution in [0.3, 0.4) is 0 Å². The van der Waals surface area contributed by atoms with E-state index in [-0.39, 0.29) is 12.6 Å². The molecule has 4 nitrogen and oxygen atoms in total. The Kier molecular flexibility index (Phi) is 6.49. The number of hydrogen-bond donors (Lipinski definition) is 1. The van der Waals surface area contributed by atoms with Crippen LogP contribution in [0.4, 0.5) is 0 Å². The first-order chi connectivity index (χ1) is 6.45. The van der Waals surface area contributed by atoms with Crippen molar-refractivity contribution in [1.29, 1.82) is 0 Å². The summed E-state index contributed by atoms with van der Waals surface area (Å²) in [5, 5.41) is 0. The zero-order valence-corrected chi connectivity index (χ0v) is 9.34. The standard InChI is InChI=1S/C10H21NO3/c1-10(2,3)14-9(12)8-13-7-5-4-6-11/h4-8,11H2,1-3H3. The largest absolute Gasteiger partial charge is 0.458 e. The highest BCUT2D eigenvalue weighted by atomic mass is 16.6. The highest BCUT2D eigenvalue weighted by Gasteiger charge is 2.15. The van der Waals surface area contributed by atoms with Crippen LogP contribution in [0.15, 0.2) is 0 Å². The smallest absolute Gasteiger partial charge is 0.332 e. The van der Waals surface area contributed by atoms with E-state index in [0.717, 1.165) is 12.8 Å². The number of hydrogen-bond acceptors (Lipinski definition) is 4. The highest BCUT2D eigenvalue weighted by Crippen LogP contribution is 2.06. The summed E-state index contributed by atoms with van der Waals surface area (Å²) in [4.78, 5) is 11.1. The zero-order valence-electron chi connectivity index (χ0n) is 9.34. The van der Waals surface area contributed by atoms with E-state index in [0.29, 0.717) is 13.2 Å². The van der Waals surface area contributed by atoms with E-state index in [1.165, 1.54) is 0 Å². The minimum Gasteiger partial charge on any atom is -0.458 e. The number of nitrogens with two attached hydrogens (primary N) is 1. The van der Waals surface area contributed by atoms with Crippen LogP contribution < -0.4 is 5.73 Å². The summed E-state index contributed by atoms with van der Waals surface area (Å²) >= 11 is 0. The fourth-order valence-electron chi connectivity index (χ4n) is 0.875. The van der Waals surface area contributed by atoms with Gasteiger partial charge in [0.05, 0.1) is 0 Å². The molecule has 0 aromatic carbocycles. The summed E-state index contributed by atoms with van der Waals surface area (Å²) < 4.78 is 10.2. The average Bonchev–Trinajstić information content (AvgIpc) is 2.00. The van der Waals surface area contributed by atoms with Gasteiger partial charge >= 0.3 is 5.97 Å². The molecule has 0 spiro atoms. The van der Waals surface area contributed by atoms with Gasteiger partial charge < -0.3 is 15.2 Å². The van der Waals surface area contributed by atoms with Crippen molar-refractivity contribution in [2.75, 3.05) is 19.8 Å². The van der Waals surface area contributed by atoms with E-state index < -0.39 is 5.60 Å². The van der Waals surface area contributed by atoms with E-state index in [1.54, 1.807) is 0 Å². The highest BCUT2D eigenvalue weighted by molar-refractivity contribution is 5.71. The lowest BCUT2D eigenvalue weighted by atomic mass is 10.2. The van der Waals surface area contributed by atoms with Gasteiger partial charge in [0.25, 0.3) is 0 Å². The number of rotatable bonds is 6. The third-order valence-electron chi connectivity index (χ3n) is 1.38. The first kappa shape index (κ1) is 13.4. The molecule has 0 saturated carbocycles. The molecule has 0 aromatic rings. The lowest BCUT2D eigenvalue weighted by Crippen LogP contribution is -2.26. The van der Waals surface area contributed by atoms with E-state index >= 15 is 0 Å². The number of ether oxygens (including phenoxy) is 2. The van der Waals surface area contributed by atoms with Gasteiger partial charge in [-0.05, 0) is 40.2 Å². The Bertz CT molecular complexity index is 163. The van der Waals surface area contributed by atoms with Crippen LogP contribution in [0.5, 0.6) is 0 Å². The first-order valence-corrected chi connectivity index (χ1v) is 4.95. The first-order valence-electron chi connectivity index (χ1n) is 4.95. The summed E-state index contributed by atoms with van der Waals surface area (Å²) in [6, 6.07) is 0. The third-order valence-corrected chi connectivity index (χ3v) is 1.38. The molecule has 0 fully saturated rings. The maximum atomic E-state index is 11.1. The molecule has 14 heavy (non-hydrogen) atoms. The summed E-state index contributed by atoms with van der Waals surface area (Å²) in [5.41, 5.74) is 4.87. The quantitative estimate of drug-likeness (QED) is 0.518. The Labute approximate surface area is 85.8 Å². The monoisotopic (exact) mass is 203 g/mol. The molecular weight excluding hydrogens is 182 g/mol. The average molecular weight is 203 g/mol. The molecule has 0 atom stereocenters. The molecule has 0 bridgehead atoms. The van der Waals surface area contributed by atoms with Crippen LogP contribution in [-0.4, -0.2) is 31.3 Å². The molecule has 0 amide bonds. The van der Waals surface area contributed by atoms with Gasteiger partial charge in [-0.2, -0.15) is 0 Å². The van der Waals surface area contributed by atoms with Crippen LogP contribution in [0, 0.1) is 0 Å². The second-order valence-electron chi connectivity index (χ2n) is 4.13. The van der Waals surface area contributed by atoms with Gasteiger partial charge in [0, 0.05) is 6.61 Å². The predicted molar refractivity (Wildman–Crippen MR) is 55.0 cm³/mol. The normalized spacial score (nSPS) is 11.4. The summed E-state index contributed by atoms with van der Waals surface area (Å²) in [5.74, 6) is -0.315. The molecule has 0 radical (unpaired) electrons. The Morgan fingerprint density at radius 1 is 1.29 bits per heavy atom. The Morgan fingerprint density at radius 3 is 2.43 bits per heavy atom. The van der Waals surface area contributed by atoms with Crippen LogP contribution >= 0.6 is 0 Å². The van der Waals surface area contributed by atoms with E-state index in [4.69, 9.17) is 15.2 Å². The molecule has 0 unspecified atom stereocenters. The van der Waals surface area contributed by atoms with Gasteiger partial charge in [-0.3, -0.25) is 0 Å². The van der Waals surface area contributed by atoms with Crippen molar-refractivity contribution in [2.24, 2.45) is 5.73 Å². The summed E-state index contributed by atoms with van der Waals surface area (Å²) in [6.07, 6.45) is 1.81. The molecule has 0 aliphatic rings. The molecule has 2 N–H and O–H groups in total. The van der Waals surface area contributed by atoms with Crippen molar-refractivity contribution in [3.63, 3.8) is 0 Å². The maximum absolute atomic E-state index is 11.1. The fraction of sp³-hybridized carbons (Fsp3) is 0.900. The minimum atomic E-state index is -0.433. The number of carbonyl (C=O) groups is 1. The Hall–Kier alpha value is -0.610. The van der Waals surface area contributed by atoms with Crippen molar-refractivity contribution >= 4 is 5.97 Å². The van der Waals surface area contributed by atoms with Crippen LogP contribution in [0.25, 0.3) is 0 Å². The van der Waals surface area contributed by atoms with Crippen molar-refractivity contribution in [1.82, 2.24) is 0 Å². The fourth-order valence-corrected chi connectivity index (χ4v) is 0.875. The third kappa shape index (κ3) is 9.48. The Balaban J connectivity index is 3.36. The Morgan fingerprint density at radius 2 is 1.93 bits per heavy atom. The van der Waals surface area contributed by atoms with E-state index in [2.05, 4.69) is 0 Å². The molecule has 0 aromatic heterocycles. The molecule has 0 aliphatic carbocycles. The zero-order chi connectivity index (χ0) is 11.0. The van der Waals surface area contributed by atoms with E-state index in [9.17, 15) is 4.79 Å². The minimum absolute atomic E-state index is 0.0296. The van der Waals surface area contributed by atoms with Gasteiger partial charge in [0.2, 0.25) is 0 Å². The summed E-state index contributed by atoms with van der Waals surface area (Å²) in [6.45, 7) is 6.76.